The van der Waals surface area contributed by atoms with E-state index in [1.54, 1.807) is 23.1 Å². The average Bonchev–Trinajstić information content (AvgIpc) is 3.31. The highest BCUT2D eigenvalue weighted by Gasteiger charge is 2.34. The van der Waals surface area contributed by atoms with E-state index in [0.717, 1.165) is 27.5 Å². The third-order valence-corrected chi connectivity index (χ3v) is 10.00. The van der Waals surface area contributed by atoms with E-state index in [1.165, 1.54) is 27.1 Å². The third-order valence-electron chi connectivity index (χ3n) is 6.31. The number of rotatable bonds is 6. The lowest BCUT2D eigenvalue weighted by Gasteiger charge is -2.30. The molecule has 0 bridgehead atoms. The second-order valence-electron chi connectivity index (χ2n) is 8.67. The summed E-state index contributed by atoms with van der Waals surface area (Å²) in [6, 6.07) is 31.9. The van der Waals surface area contributed by atoms with Gasteiger partial charge in [-0.3, -0.25) is 0 Å². The highest BCUT2D eigenvalue weighted by molar-refractivity contribution is 8.00. The van der Waals surface area contributed by atoms with Gasteiger partial charge in [-0.25, -0.2) is 9.97 Å². The molecule has 0 radical (unpaired) electrons. The Hall–Kier alpha value is -3.06. The average molecular weight is 524 g/mol. The zero-order chi connectivity index (χ0) is 24.3. The van der Waals surface area contributed by atoms with Crippen molar-refractivity contribution in [2.75, 3.05) is 11.5 Å². The molecule has 0 aliphatic carbocycles. The number of thiophene rings is 1. The quantitative estimate of drug-likeness (QED) is 0.180. The van der Waals surface area contributed by atoms with Crippen LogP contribution in [0.3, 0.4) is 0 Å². The van der Waals surface area contributed by atoms with Gasteiger partial charge >= 0.3 is 0 Å². The van der Waals surface area contributed by atoms with Crippen molar-refractivity contribution in [3.63, 3.8) is 0 Å². The Balaban J connectivity index is 1.34. The van der Waals surface area contributed by atoms with E-state index >= 15 is 0 Å². The Morgan fingerprint density at radius 1 is 0.861 bits per heavy atom. The number of nitrogen functional groups attached to an aromatic ring is 1. The topological polar surface area (TPSA) is 51.8 Å². The van der Waals surface area contributed by atoms with E-state index in [-0.39, 0.29) is 5.25 Å². The summed E-state index contributed by atoms with van der Waals surface area (Å²) in [5.41, 5.74) is 11.8. The second kappa shape index (κ2) is 10.5. The smallest absolute Gasteiger partial charge is 0.191 e. The van der Waals surface area contributed by atoms with Gasteiger partial charge in [-0.1, -0.05) is 115 Å². The summed E-state index contributed by atoms with van der Waals surface area (Å²) in [4.78, 5) is 12.0. The van der Waals surface area contributed by atoms with Crippen LogP contribution < -0.4 is 5.73 Å². The number of nitrogens with zero attached hydrogens (tertiary/aromatic N) is 2. The summed E-state index contributed by atoms with van der Waals surface area (Å²) in [5.74, 6) is 1.39. The van der Waals surface area contributed by atoms with Gasteiger partial charge in [0.05, 0.1) is 10.6 Å². The van der Waals surface area contributed by atoms with Gasteiger partial charge in [-0.15, -0.1) is 23.1 Å². The minimum atomic E-state index is 0.253. The van der Waals surface area contributed by atoms with Gasteiger partial charge in [-0.05, 0) is 28.7 Å². The van der Waals surface area contributed by atoms with E-state index in [9.17, 15) is 0 Å². The van der Waals surface area contributed by atoms with E-state index in [4.69, 9.17) is 15.7 Å². The van der Waals surface area contributed by atoms with Crippen LogP contribution in [0.15, 0.2) is 102 Å². The Morgan fingerprint density at radius 3 is 2.25 bits per heavy atom. The molecule has 2 N–H and O–H groups in total. The van der Waals surface area contributed by atoms with Crippen LogP contribution in [0.4, 0.5) is 5.82 Å². The molecule has 2 atom stereocenters. The van der Waals surface area contributed by atoms with Gasteiger partial charge in [0, 0.05) is 15.9 Å². The molecule has 0 spiro atoms. The van der Waals surface area contributed by atoms with Gasteiger partial charge in [0.1, 0.15) is 10.6 Å². The maximum absolute atomic E-state index is 6.61. The van der Waals surface area contributed by atoms with Crippen LogP contribution >= 0.6 is 34.9 Å². The molecular formula is C30H25N3S3. The number of thioether (sulfide) groups is 2. The first-order chi connectivity index (χ1) is 17.8. The molecular weight excluding hydrogens is 499 g/mol. The van der Waals surface area contributed by atoms with Gasteiger partial charge in [0.25, 0.3) is 0 Å². The first-order valence-electron chi connectivity index (χ1n) is 11.9. The van der Waals surface area contributed by atoms with Crippen LogP contribution in [0.5, 0.6) is 0 Å². The molecule has 2 aromatic heterocycles. The number of fused-ring (bicyclic) bond motifs is 3. The van der Waals surface area contributed by atoms with Crippen LogP contribution in [0, 0.1) is 0 Å². The van der Waals surface area contributed by atoms with E-state index < -0.39 is 0 Å². The Bertz CT molecular complexity index is 1500. The van der Waals surface area contributed by atoms with E-state index in [1.807, 2.05) is 30.0 Å². The van der Waals surface area contributed by atoms with Crippen LogP contribution in [-0.4, -0.2) is 15.7 Å². The van der Waals surface area contributed by atoms with Crippen LogP contribution in [-0.2, 0) is 6.42 Å². The minimum absolute atomic E-state index is 0.253. The summed E-state index contributed by atoms with van der Waals surface area (Å²) in [6.07, 6.45) is 5.22. The molecule has 6 heteroatoms. The SMILES string of the molecule is Nc1nc(SC/C=C/c2ccccc2)nc2sc3c(c12)C[C@@H](c1ccccc1)S[C@@H]3c1ccccc1. The van der Waals surface area contributed by atoms with Gasteiger partial charge in [-0.2, -0.15) is 0 Å². The molecule has 0 fully saturated rings. The van der Waals surface area contributed by atoms with Gasteiger partial charge < -0.3 is 5.73 Å². The maximum Gasteiger partial charge on any atom is 0.191 e. The van der Waals surface area contributed by atoms with Crippen molar-refractivity contribution < 1.29 is 0 Å². The fraction of sp³-hybridized carbons (Fsp3) is 0.133. The zero-order valence-electron chi connectivity index (χ0n) is 19.6. The first-order valence-corrected chi connectivity index (χ1v) is 14.7. The van der Waals surface area contributed by atoms with Gasteiger partial charge in [0.2, 0.25) is 0 Å². The summed E-state index contributed by atoms with van der Waals surface area (Å²) >= 11 is 5.43. The molecule has 5 aromatic rings. The minimum Gasteiger partial charge on any atom is -0.383 e. The van der Waals surface area contributed by atoms with Crippen molar-refractivity contribution in [2.45, 2.75) is 22.1 Å². The largest absolute Gasteiger partial charge is 0.383 e. The Kier molecular flexibility index (Phi) is 6.81. The van der Waals surface area contributed by atoms with Crippen molar-refractivity contribution in [1.29, 1.82) is 0 Å². The number of anilines is 1. The number of nitrogens with two attached hydrogens (primary N) is 1. The predicted octanol–water partition coefficient (Wildman–Crippen LogP) is 8.20. The number of hydrogen-bond donors (Lipinski definition) is 1. The number of aromatic nitrogens is 2. The lowest BCUT2D eigenvalue weighted by Crippen LogP contribution is -2.12. The molecule has 6 rings (SSSR count). The molecule has 0 unspecified atom stereocenters. The molecule has 3 heterocycles. The molecule has 178 valence electrons. The maximum atomic E-state index is 6.61. The van der Waals surface area contributed by atoms with E-state index in [0.29, 0.717) is 11.1 Å². The number of hydrogen-bond acceptors (Lipinski definition) is 6. The van der Waals surface area contributed by atoms with Crippen molar-refractivity contribution in [2.24, 2.45) is 0 Å². The summed E-state index contributed by atoms with van der Waals surface area (Å²) in [7, 11) is 0. The Labute approximate surface area is 223 Å². The molecule has 0 saturated carbocycles. The van der Waals surface area contributed by atoms with Crippen molar-refractivity contribution in [3.8, 4) is 0 Å². The fourth-order valence-electron chi connectivity index (χ4n) is 4.61. The highest BCUT2D eigenvalue weighted by Crippen LogP contribution is 2.55. The molecule has 3 nitrogen and oxygen atoms in total. The standard InChI is InChI=1S/C30H25N3S3/c31-28-25-23-19-24(21-14-6-2-7-15-21)35-26(22-16-8-3-9-17-22)27(23)36-29(25)33-30(32-28)34-18-10-13-20-11-4-1-5-12-20/h1-17,24,26H,18-19H2,(H2,31,32,33)/b13-10+/t24-,26+/m0/s1. The van der Waals surface area contributed by atoms with Crippen LogP contribution in [0.25, 0.3) is 16.3 Å². The van der Waals surface area contributed by atoms with Crippen molar-refractivity contribution in [1.82, 2.24) is 9.97 Å². The van der Waals surface area contributed by atoms with Gasteiger partial charge in [0.15, 0.2) is 5.16 Å². The predicted molar refractivity (Wildman–Crippen MR) is 157 cm³/mol. The monoisotopic (exact) mass is 523 g/mol. The van der Waals surface area contributed by atoms with Crippen molar-refractivity contribution in [3.05, 3.63) is 124 Å². The molecule has 1 aliphatic heterocycles. The van der Waals surface area contributed by atoms with Crippen LogP contribution in [0.1, 0.15) is 37.6 Å². The van der Waals surface area contributed by atoms with E-state index in [2.05, 4.69) is 84.9 Å². The second-order valence-corrected chi connectivity index (χ2v) is 12.0. The molecule has 0 saturated heterocycles. The summed E-state index contributed by atoms with van der Waals surface area (Å²) < 4.78 is 0. The van der Waals surface area contributed by atoms with Crippen LogP contribution in [0.2, 0.25) is 0 Å². The first kappa shape index (κ1) is 23.3. The molecule has 3 aromatic carbocycles. The van der Waals surface area contributed by atoms with Crippen molar-refractivity contribution >= 4 is 57.0 Å². The third kappa shape index (κ3) is 4.81. The highest BCUT2D eigenvalue weighted by atomic mass is 32.2. The molecule has 0 amide bonds. The normalized spacial score (nSPS) is 17.4. The molecule has 36 heavy (non-hydrogen) atoms. The number of benzene rings is 3. The summed E-state index contributed by atoms with van der Waals surface area (Å²) in [5, 5.41) is 2.39. The Morgan fingerprint density at radius 2 is 1.53 bits per heavy atom. The molecule has 1 aliphatic rings. The lowest BCUT2D eigenvalue weighted by atomic mass is 9.98. The summed E-state index contributed by atoms with van der Waals surface area (Å²) in [6.45, 7) is 0. The zero-order valence-corrected chi connectivity index (χ0v) is 22.0. The fourth-order valence-corrected chi connectivity index (χ4v) is 8.35. The lowest BCUT2D eigenvalue weighted by molar-refractivity contribution is 0.893.